The molecule has 2 aromatic rings. The van der Waals surface area contributed by atoms with Crippen molar-refractivity contribution in [2.75, 3.05) is 20.2 Å². The molecule has 128 valence electrons. The SMILES string of the molecule is COc1c(Cl)cc(Cl)cc1CN1CCC(c2ncncc2C)CC1. The van der Waals surface area contributed by atoms with Crippen LogP contribution in [-0.2, 0) is 6.54 Å². The van der Waals surface area contributed by atoms with Gasteiger partial charge >= 0.3 is 0 Å². The molecule has 0 unspecified atom stereocenters. The quantitative estimate of drug-likeness (QED) is 0.800. The van der Waals surface area contributed by atoms with Gasteiger partial charge in [0.2, 0.25) is 0 Å². The lowest BCUT2D eigenvalue weighted by atomic mass is 9.91. The van der Waals surface area contributed by atoms with Gasteiger partial charge in [0.1, 0.15) is 12.1 Å². The summed E-state index contributed by atoms with van der Waals surface area (Å²) in [6.07, 6.45) is 5.73. The van der Waals surface area contributed by atoms with E-state index in [1.54, 1.807) is 19.5 Å². The fourth-order valence-electron chi connectivity index (χ4n) is 3.40. The number of benzene rings is 1. The van der Waals surface area contributed by atoms with E-state index in [1.807, 2.05) is 12.3 Å². The Labute approximate surface area is 152 Å². The van der Waals surface area contributed by atoms with E-state index in [0.717, 1.165) is 43.8 Å². The summed E-state index contributed by atoms with van der Waals surface area (Å²) in [7, 11) is 1.64. The van der Waals surface area contributed by atoms with Crippen LogP contribution in [0.5, 0.6) is 5.75 Å². The summed E-state index contributed by atoms with van der Waals surface area (Å²) in [6.45, 7) is 4.91. The summed E-state index contributed by atoms with van der Waals surface area (Å²) in [5.74, 6) is 1.23. The van der Waals surface area contributed by atoms with Crippen LogP contribution in [0.15, 0.2) is 24.7 Å². The average Bonchev–Trinajstić information content (AvgIpc) is 2.56. The fourth-order valence-corrected chi connectivity index (χ4v) is 4.01. The Morgan fingerprint density at radius 1 is 1.25 bits per heavy atom. The zero-order valence-corrected chi connectivity index (χ0v) is 15.4. The van der Waals surface area contributed by atoms with Crippen LogP contribution >= 0.6 is 23.2 Å². The molecule has 0 spiro atoms. The number of piperidine rings is 1. The van der Waals surface area contributed by atoms with E-state index in [2.05, 4.69) is 21.8 Å². The van der Waals surface area contributed by atoms with Crippen molar-refractivity contribution in [2.24, 2.45) is 0 Å². The Kier molecular flexibility index (Phi) is 5.59. The lowest BCUT2D eigenvalue weighted by Gasteiger charge is -2.32. The minimum Gasteiger partial charge on any atom is -0.495 e. The first kappa shape index (κ1) is 17.5. The maximum Gasteiger partial charge on any atom is 0.142 e. The van der Waals surface area contributed by atoms with E-state index in [-0.39, 0.29) is 0 Å². The van der Waals surface area contributed by atoms with E-state index in [9.17, 15) is 0 Å². The molecule has 1 aliphatic rings. The number of hydrogen-bond acceptors (Lipinski definition) is 4. The molecule has 0 atom stereocenters. The van der Waals surface area contributed by atoms with E-state index < -0.39 is 0 Å². The van der Waals surface area contributed by atoms with Gasteiger partial charge in [0, 0.05) is 34.9 Å². The molecule has 24 heavy (non-hydrogen) atoms. The molecule has 0 amide bonds. The summed E-state index contributed by atoms with van der Waals surface area (Å²) in [5, 5.41) is 1.20. The molecule has 1 saturated heterocycles. The summed E-state index contributed by atoms with van der Waals surface area (Å²) in [4.78, 5) is 11.0. The van der Waals surface area contributed by atoms with E-state index >= 15 is 0 Å². The van der Waals surface area contributed by atoms with Gasteiger partial charge in [0.05, 0.1) is 12.1 Å². The number of nitrogens with zero attached hydrogens (tertiary/aromatic N) is 3. The normalized spacial score (nSPS) is 16.3. The molecule has 4 nitrogen and oxygen atoms in total. The second-order valence-electron chi connectivity index (χ2n) is 6.22. The van der Waals surface area contributed by atoms with Crippen molar-refractivity contribution >= 4 is 23.2 Å². The minimum atomic E-state index is 0.508. The Hall–Kier alpha value is -1.36. The Balaban J connectivity index is 1.67. The van der Waals surface area contributed by atoms with Gasteiger partial charge in [0.15, 0.2) is 0 Å². The fraction of sp³-hybridized carbons (Fsp3) is 0.444. The van der Waals surface area contributed by atoms with Crippen molar-refractivity contribution < 1.29 is 4.74 Å². The highest BCUT2D eigenvalue weighted by atomic mass is 35.5. The molecule has 0 N–H and O–H groups in total. The van der Waals surface area contributed by atoms with E-state index in [4.69, 9.17) is 27.9 Å². The van der Waals surface area contributed by atoms with Crippen molar-refractivity contribution in [2.45, 2.75) is 32.2 Å². The molecule has 0 bridgehead atoms. The molecule has 1 fully saturated rings. The molecule has 3 rings (SSSR count). The molecule has 1 aliphatic heterocycles. The monoisotopic (exact) mass is 365 g/mol. The first-order chi connectivity index (χ1) is 11.6. The Morgan fingerprint density at radius 2 is 2.00 bits per heavy atom. The lowest BCUT2D eigenvalue weighted by molar-refractivity contribution is 0.201. The van der Waals surface area contributed by atoms with E-state index in [1.165, 1.54) is 11.3 Å². The highest BCUT2D eigenvalue weighted by molar-refractivity contribution is 6.35. The summed E-state index contributed by atoms with van der Waals surface area (Å²) >= 11 is 12.4. The third-order valence-corrected chi connectivity index (χ3v) is 5.09. The molecular formula is C18H21Cl2N3O. The Morgan fingerprint density at radius 3 is 2.67 bits per heavy atom. The number of rotatable bonds is 4. The second-order valence-corrected chi connectivity index (χ2v) is 7.07. The smallest absolute Gasteiger partial charge is 0.142 e. The topological polar surface area (TPSA) is 38.2 Å². The summed E-state index contributed by atoms with van der Waals surface area (Å²) in [5.41, 5.74) is 3.40. The molecule has 0 radical (unpaired) electrons. The molecule has 0 saturated carbocycles. The molecule has 2 heterocycles. The number of likely N-dealkylation sites (tertiary alicyclic amines) is 1. The van der Waals surface area contributed by atoms with Crippen LogP contribution in [-0.4, -0.2) is 35.1 Å². The van der Waals surface area contributed by atoms with Crippen LogP contribution in [0.4, 0.5) is 0 Å². The van der Waals surface area contributed by atoms with Crippen LogP contribution < -0.4 is 4.74 Å². The molecule has 1 aromatic carbocycles. The van der Waals surface area contributed by atoms with Crippen LogP contribution in [0.1, 0.15) is 35.6 Å². The summed E-state index contributed by atoms with van der Waals surface area (Å²) in [6, 6.07) is 3.66. The maximum atomic E-state index is 6.23. The number of aromatic nitrogens is 2. The zero-order chi connectivity index (χ0) is 17.1. The number of methoxy groups -OCH3 is 1. The van der Waals surface area contributed by atoms with Crippen molar-refractivity contribution in [1.29, 1.82) is 0 Å². The molecule has 1 aromatic heterocycles. The lowest BCUT2D eigenvalue weighted by Crippen LogP contribution is -2.33. The highest BCUT2D eigenvalue weighted by Gasteiger charge is 2.24. The van der Waals surface area contributed by atoms with Crippen LogP contribution in [0.2, 0.25) is 10.0 Å². The minimum absolute atomic E-state index is 0.508. The van der Waals surface area contributed by atoms with Crippen molar-refractivity contribution in [3.8, 4) is 5.75 Å². The third-order valence-electron chi connectivity index (χ3n) is 4.59. The number of aryl methyl sites for hydroxylation is 1. The second kappa shape index (κ2) is 7.68. The molecular weight excluding hydrogens is 345 g/mol. The zero-order valence-electron chi connectivity index (χ0n) is 13.9. The predicted octanol–water partition coefficient (Wildman–Crippen LogP) is 4.48. The van der Waals surface area contributed by atoms with Gasteiger partial charge in [-0.15, -0.1) is 0 Å². The van der Waals surface area contributed by atoms with Gasteiger partial charge < -0.3 is 4.74 Å². The van der Waals surface area contributed by atoms with Crippen molar-refractivity contribution in [1.82, 2.24) is 14.9 Å². The number of hydrogen-bond donors (Lipinski definition) is 0. The van der Waals surface area contributed by atoms with Gasteiger partial charge in [0.25, 0.3) is 0 Å². The number of halogens is 2. The summed E-state index contributed by atoms with van der Waals surface area (Å²) < 4.78 is 5.44. The van der Waals surface area contributed by atoms with Crippen LogP contribution in [0.3, 0.4) is 0 Å². The maximum absolute atomic E-state index is 6.23. The van der Waals surface area contributed by atoms with Gasteiger partial charge in [-0.05, 0) is 50.6 Å². The average molecular weight is 366 g/mol. The standard InChI is InChI=1S/C18H21Cl2N3O/c1-12-9-21-11-22-17(12)13-3-5-23(6-4-13)10-14-7-15(19)8-16(20)18(14)24-2/h7-9,11,13H,3-6,10H2,1-2H3. The molecule has 0 aliphatic carbocycles. The van der Waals surface area contributed by atoms with E-state index in [0.29, 0.717) is 16.0 Å². The highest BCUT2D eigenvalue weighted by Crippen LogP contribution is 2.34. The first-order valence-electron chi connectivity index (χ1n) is 8.09. The first-order valence-corrected chi connectivity index (χ1v) is 8.85. The predicted molar refractivity (Wildman–Crippen MR) is 97.0 cm³/mol. The largest absolute Gasteiger partial charge is 0.495 e. The van der Waals surface area contributed by atoms with Gasteiger partial charge in [-0.25, -0.2) is 9.97 Å². The van der Waals surface area contributed by atoms with Gasteiger partial charge in [-0.1, -0.05) is 23.2 Å². The number of ether oxygens (including phenoxy) is 1. The van der Waals surface area contributed by atoms with Crippen molar-refractivity contribution in [3.63, 3.8) is 0 Å². The van der Waals surface area contributed by atoms with Gasteiger partial charge in [-0.2, -0.15) is 0 Å². The molecule has 6 heteroatoms. The van der Waals surface area contributed by atoms with Crippen molar-refractivity contribution in [3.05, 3.63) is 51.5 Å². The van der Waals surface area contributed by atoms with Gasteiger partial charge in [-0.3, -0.25) is 4.90 Å². The Bertz CT molecular complexity index is 715. The van der Waals surface area contributed by atoms with Crippen LogP contribution in [0.25, 0.3) is 0 Å². The third kappa shape index (κ3) is 3.82. The van der Waals surface area contributed by atoms with Crippen LogP contribution in [0, 0.1) is 6.92 Å².